The fraction of sp³-hybridized carbons (Fsp3) is 0.333. The van der Waals surface area contributed by atoms with Gasteiger partial charge in [0.1, 0.15) is 19.6 Å². The molecule has 4 aromatic heterocycles. The summed E-state index contributed by atoms with van der Waals surface area (Å²) in [5, 5.41) is 5.61. The summed E-state index contributed by atoms with van der Waals surface area (Å²) < 4.78 is 61.5. The molecule has 2 saturated heterocycles. The van der Waals surface area contributed by atoms with Crippen molar-refractivity contribution in [2.75, 3.05) is 31.9 Å². The molecule has 10 rings (SSSR count). The molecule has 18 heteroatoms. The van der Waals surface area contributed by atoms with Crippen molar-refractivity contribution in [2.24, 2.45) is 0 Å². The van der Waals surface area contributed by atoms with E-state index in [-0.39, 0.29) is 22.1 Å². The van der Waals surface area contributed by atoms with E-state index in [0.29, 0.717) is 16.0 Å². The van der Waals surface area contributed by atoms with Crippen molar-refractivity contribution < 1.29 is 35.9 Å². The molecule has 4 aromatic carbocycles. The van der Waals surface area contributed by atoms with E-state index in [4.69, 9.17) is 25.9 Å². The Bertz CT molecular complexity index is 3490. The third-order valence-corrected chi connectivity index (χ3v) is 19.0. The molecule has 75 heavy (non-hydrogen) atoms. The number of nitrogen functional groups attached to an aromatic ring is 1. The number of likely N-dealkylation sites (tertiary alicyclic amines) is 2. The van der Waals surface area contributed by atoms with E-state index in [1.807, 2.05) is 121 Å². The summed E-state index contributed by atoms with van der Waals surface area (Å²) in [5.41, 5.74) is 13.0. The van der Waals surface area contributed by atoms with Gasteiger partial charge in [-0.15, -0.1) is 22.7 Å². The molecule has 8 aromatic rings. The van der Waals surface area contributed by atoms with Gasteiger partial charge >= 0.3 is 12.2 Å². The molecule has 0 saturated carbocycles. The van der Waals surface area contributed by atoms with Gasteiger partial charge in [0.05, 0.1) is 16.8 Å². The first-order valence-electron chi connectivity index (χ1n) is 24.8. The second kappa shape index (κ2) is 23.2. The van der Waals surface area contributed by atoms with Gasteiger partial charge in [-0.2, -0.15) is 0 Å². The zero-order valence-corrected chi connectivity index (χ0v) is 47.0. The molecule has 0 amide bonds. The van der Waals surface area contributed by atoms with Crippen LogP contribution >= 0.6 is 33.4 Å². The number of hydrogen-bond acceptors (Lipinski definition) is 13. The van der Waals surface area contributed by atoms with Crippen LogP contribution in [0.2, 0.25) is 0 Å². The van der Waals surface area contributed by atoms with Crippen LogP contribution in [0.25, 0.3) is 21.8 Å². The average molecular weight is 1110 g/mol. The number of carbonyl (C=O) groups is 2. The summed E-state index contributed by atoms with van der Waals surface area (Å²) >= 11 is 2.37. The minimum absolute atomic E-state index is 0.0158. The smallest absolute Gasteiger partial charge is 0.419 e. The Labute approximate surface area is 452 Å². The summed E-state index contributed by atoms with van der Waals surface area (Å²) in [4.78, 5) is 30.4. The lowest BCUT2D eigenvalue weighted by Crippen LogP contribution is -2.26. The molecule has 2 atom stereocenters. The summed E-state index contributed by atoms with van der Waals surface area (Å²) in [6.45, 7) is 16.7. The molecule has 0 spiro atoms. The molecule has 2 N–H and O–H groups in total. The van der Waals surface area contributed by atoms with Gasteiger partial charge in [0, 0.05) is 65.7 Å². The number of rotatable bonds is 10. The quantitative estimate of drug-likeness (QED) is 0.102. The highest BCUT2D eigenvalue weighted by molar-refractivity contribution is 8.15. The topological polar surface area (TPSA) is 163 Å². The van der Waals surface area contributed by atoms with Crippen LogP contribution in [0.3, 0.4) is 0 Å². The highest BCUT2D eigenvalue weighted by atomic mass is 35.7. The predicted molar refractivity (Wildman–Crippen MR) is 302 cm³/mol. The number of aromatic nitrogens is 2. The summed E-state index contributed by atoms with van der Waals surface area (Å²) in [6.07, 6.45) is 5.26. The lowest BCUT2D eigenvalue weighted by molar-refractivity contribution is 0.0532. The predicted octanol–water partition coefficient (Wildman–Crippen LogP) is 13.1. The minimum Gasteiger partial charge on any atom is -0.443 e. The van der Waals surface area contributed by atoms with Gasteiger partial charge in [0.25, 0.3) is 9.05 Å². The van der Waals surface area contributed by atoms with Crippen molar-refractivity contribution in [2.45, 2.75) is 105 Å². The molecule has 13 nitrogen and oxygen atoms in total. The molecule has 0 bridgehead atoms. The lowest BCUT2D eigenvalue weighted by atomic mass is 9.97. The number of nitrogens with two attached hydrogens (primary N) is 1. The summed E-state index contributed by atoms with van der Waals surface area (Å²) in [5.74, 6) is 0.850. The highest BCUT2D eigenvalue weighted by Crippen LogP contribution is 2.34. The van der Waals surface area contributed by atoms with Crippen molar-refractivity contribution in [3.8, 4) is 0 Å². The van der Waals surface area contributed by atoms with Crippen molar-refractivity contribution in [1.29, 1.82) is 0 Å². The number of sulfone groups is 1. The maximum Gasteiger partial charge on any atom is 0.419 e. The van der Waals surface area contributed by atoms with Gasteiger partial charge in [-0.25, -0.2) is 26.4 Å². The van der Waals surface area contributed by atoms with Crippen molar-refractivity contribution in [3.63, 3.8) is 0 Å². The van der Waals surface area contributed by atoms with Crippen LogP contribution in [-0.2, 0) is 47.2 Å². The van der Waals surface area contributed by atoms with Crippen LogP contribution in [0, 0.1) is 0 Å². The maximum absolute atomic E-state index is 12.9. The van der Waals surface area contributed by atoms with Crippen LogP contribution in [0.15, 0.2) is 153 Å². The van der Waals surface area contributed by atoms with Gasteiger partial charge in [0.15, 0.2) is 9.84 Å². The van der Waals surface area contributed by atoms with Gasteiger partial charge in [-0.05, 0) is 154 Å². The Morgan fingerprint density at radius 3 is 1.52 bits per heavy atom. The van der Waals surface area contributed by atoms with Crippen LogP contribution in [0.4, 0.5) is 15.3 Å². The number of ether oxygens (including phenoxy) is 2. The number of anilines is 1. The number of halogens is 1. The highest BCUT2D eigenvalue weighted by Gasteiger charge is 2.29. The SMILES string of the molecule is CC(C)(C)OC(=O)n1cc(CN2CCC(c3cccc(CS(=O)(=O)c4cccs4)c3)C2)c2ccccc21.CC(C)(C)OC(=O)n1cc(CN2CCC(c3cccc(N)c3)C2)c2ccccc21.O=S(=O)(Cl)c1cccs1. The van der Waals surface area contributed by atoms with E-state index in [0.717, 1.165) is 108 Å². The monoisotopic (exact) mass is 1110 g/mol. The molecule has 0 radical (unpaired) electrons. The van der Waals surface area contributed by atoms with E-state index < -0.39 is 30.1 Å². The van der Waals surface area contributed by atoms with E-state index >= 15 is 0 Å². The summed E-state index contributed by atoms with van der Waals surface area (Å²) in [7, 11) is -1.82. The van der Waals surface area contributed by atoms with Crippen LogP contribution in [-0.4, -0.2) is 85.3 Å². The molecule has 2 aliphatic heterocycles. The Morgan fingerprint density at radius 2 is 1.08 bits per heavy atom. The van der Waals surface area contributed by atoms with Crippen molar-refractivity contribution in [1.82, 2.24) is 18.9 Å². The fourth-order valence-corrected chi connectivity index (χ4v) is 13.8. The van der Waals surface area contributed by atoms with Gasteiger partial charge < -0.3 is 15.2 Å². The summed E-state index contributed by atoms with van der Waals surface area (Å²) in [6, 6.07) is 38.7. The molecular formula is C57H64ClN5O8S4. The van der Waals surface area contributed by atoms with E-state index in [9.17, 15) is 26.4 Å². The van der Waals surface area contributed by atoms with E-state index in [1.54, 1.807) is 38.1 Å². The molecule has 2 unspecified atom stereocenters. The Morgan fingerprint density at radius 1 is 0.613 bits per heavy atom. The second-order valence-corrected chi connectivity index (χ2v) is 27.9. The number of hydrogen-bond donors (Lipinski definition) is 1. The molecule has 0 aliphatic carbocycles. The zero-order chi connectivity index (χ0) is 53.7. The number of nitrogens with zero attached hydrogens (tertiary/aromatic N) is 4. The van der Waals surface area contributed by atoms with Crippen LogP contribution in [0.5, 0.6) is 0 Å². The lowest BCUT2D eigenvalue weighted by Gasteiger charge is -2.19. The number of thiophene rings is 2. The van der Waals surface area contributed by atoms with Crippen molar-refractivity contribution >= 4 is 91.9 Å². The van der Waals surface area contributed by atoms with E-state index in [2.05, 4.69) is 40.1 Å². The van der Waals surface area contributed by atoms with Crippen LogP contribution in [0.1, 0.15) is 94.0 Å². The van der Waals surface area contributed by atoms with Crippen LogP contribution < -0.4 is 5.73 Å². The molecule has 2 fully saturated rings. The average Bonchev–Trinajstić information content (AvgIpc) is 4.22. The zero-order valence-electron chi connectivity index (χ0n) is 43.0. The van der Waals surface area contributed by atoms with Crippen molar-refractivity contribution in [3.05, 3.63) is 172 Å². The van der Waals surface area contributed by atoms with Gasteiger partial charge in [0.2, 0.25) is 0 Å². The molecule has 2 aliphatic rings. The first-order valence-corrected chi connectivity index (χ1v) is 30.5. The Kier molecular flexibility index (Phi) is 17.2. The number of carbonyl (C=O) groups excluding carboxylic acids is 2. The maximum atomic E-state index is 12.9. The van der Waals surface area contributed by atoms with Gasteiger partial charge in [-0.3, -0.25) is 18.9 Å². The largest absolute Gasteiger partial charge is 0.443 e. The Balaban J connectivity index is 0.000000174. The first-order chi connectivity index (χ1) is 35.5. The van der Waals surface area contributed by atoms with E-state index in [1.165, 1.54) is 28.5 Å². The third-order valence-electron chi connectivity index (χ3n) is 12.8. The Hall–Kier alpha value is -5.79. The van der Waals surface area contributed by atoms with Gasteiger partial charge in [-0.1, -0.05) is 84.9 Å². The standard InChI is InChI=1S/C29H32N2O4S2.C24H29N3O2.C4H3ClO2S2/c1-29(2,3)35-28(32)31-19-24(25-10-4-5-11-26(25)31)18-30-14-13-23(17-30)22-9-6-8-21(16-22)20-37(33,34)27-12-7-15-36-27;1-24(2,3)29-23(28)27-16-19(21-9-4-5-10-22(21)27)15-26-12-11-18(14-26)17-7-6-8-20(25)13-17;5-9(6,7)4-2-1-3-8-4/h4-12,15-16,19,23H,13-14,17-18,20H2,1-3H3;4-10,13,16,18H,11-12,14-15,25H2,1-3H3;1-3H. The number of para-hydroxylation sites is 2. The normalized spacial score (nSPS) is 16.6. The number of benzene rings is 4. The minimum atomic E-state index is -3.47. The molecule has 6 heterocycles. The molecular weight excluding hydrogens is 1050 g/mol. The third kappa shape index (κ3) is 14.6. The number of fused-ring (bicyclic) bond motifs is 2. The first kappa shape index (κ1) is 55.4. The molecule has 396 valence electrons. The fourth-order valence-electron chi connectivity index (χ4n) is 9.54. The second-order valence-electron chi connectivity index (χ2n) is 21.0.